The van der Waals surface area contributed by atoms with Crippen molar-refractivity contribution in [2.45, 2.75) is 39.5 Å². The Hall–Kier alpha value is -2.62. The van der Waals surface area contributed by atoms with E-state index in [0.29, 0.717) is 0 Å². The molecule has 1 aromatic carbocycles. The molecule has 0 aliphatic heterocycles. The van der Waals surface area contributed by atoms with Gasteiger partial charge in [-0.25, -0.2) is 4.98 Å². The van der Waals surface area contributed by atoms with Crippen molar-refractivity contribution in [3.05, 3.63) is 53.7 Å². The number of carbonyl (C=O) groups excluding carboxylic acids is 1. The number of rotatable bonds is 3. The second-order valence-corrected chi connectivity index (χ2v) is 7.03. The molecular weight excluding hydrogens is 310 g/mol. The molecule has 1 aliphatic rings. The van der Waals surface area contributed by atoms with E-state index in [1.165, 1.54) is 0 Å². The molecular formula is C21H23N3O. The number of hydrogen-bond acceptors (Lipinski definition) is 2. The summed E-state index contributed by atoms with van der Waals surface area (Å²) in [7, 11) is 0. The fourth-order valence-electron chi connectivity index (χ4n) is 3.70. The van der Waals surface area contributed by atoms with Gasteiger partial charge in [0.25, 0.3) is 0 Å². The first-order valence-corrected chi connectivity index (χ1v) is 8.99. The summed E-state index contributed by atoms with van der Waals surface area (Å²) in [6.45, 7) is 4.13. The molecule has 25 heavy (non-hydrogen) atoms. The standard InChI is InChI=1S/C21H23N3O/c1-14-11-12-24-18(13-14)22-19(17-10-6-3-7-15(17)2)20(24)23-21(25)16-8-4-5-9-16/h3,6-7,10-13,16H,4-5,8-9H2,1-2H3,(H,23,25). The van der Waals surface area contributed by atoms with Gasteiger partial charge in [0.15, 0.2) is 0 Å². The van der Waals surface area contributed by atoms with Crippen molar-refractivity contribution in [2.75, 3.05) is 5.32 Å². The maximum Gasteiger partial charge on any atom is 0.228 e. The Kier molecular flexibility index (Phi) is 4.04. The lowest BCUT2D eigenvalue weighted by Crippen LogP contribution is -2.21. The predicted octanol–water partition coefficient (Wildman–Crippen LogP) is 4.75. The summed E-state index contributed by atoms with van der Waals surface area (Å²) in [4.78, 5) is 17.6. The average Bonchev–Trinajstić information content (AvgIpc) is 3.24. The number of benzene rings is 1. The highest BCUT2D eigenvalue weighted by molar-refractivity contribution is 5.96. The first kappa shape index (κ1) is 15.9. The summed E-state index contributed by atoms with van der Waals surface area (Å²) in [5.74, 6) is 1.02. The molecule has 2 heterocycles. The van der Waals surface area contributed by atoms with E-state index in [-0.39, 0.29) is 11.8 Å². The molecule has 0 saturated heterocycles. The van der Waals surface area contributed by atoms with Crippen LogP contribution in [0.1, 0.15) is 36.8 Å². The van der Waals surface area contributed by atoms with E-state index in [1.807, 2.05) is 34.9 Å². The summed E-state index contributed by atoms with van der Waals surface area (Å²) >= 11 is 0. The van der Waals surface area contributed by atoms with Crippen LogP contribution in [0.3, 0.4) is 0 Å². The summed E-state index contributed by atoms with van der Waals surface area (Å²) < 4.78 is 1.99. The van der Waals surface area contributed by atoms with E-state index in [2.05, 4.69) is 31.3 Å². The molecule has 1 amide bonds. The highest BCUT2D eigenvalue weighted by Gasteiger charge is 2.25. The number of aromatic nitrogens is 2. The van der Waals surface area contributed by atoms with Gasteiger partial charge >= 0.3 is 0 Å². The second-order valence-electron chi connectivity index (χ2n) is 7.03. The van der Waals surface area contributed by atoms with Gasteiger partial charge in [-0.2, -0.15) is 0 Å². The Balaban J connectivity index is 1.83. The van der Waals surface area contributed by atoms with Crippen LogP contribution in [-0.2, 0) is 4.79 Å². The van der Waals surface area contributed by atoms with Gasteiger partial charge in [0.1, 0.15) is 17.2 Å². The lowest BCUT2D eigenvalue weighted by Gasteiger charge is -2.12. The molecule has 1 aliphatic carbocycles. The van der Waals surface area contributed by atoms with Gasteiger partial charge in [0.2, 0.25) is 5.91 Å². The topological polar surface area (TPSA) is 46.4 Å². The zero-order chi connectivity index (χ0) is 17.4. The maximum absolute atomic E-state index is 12.7. The smallest absolute Gasteiger partial charge is 0.228 e. The first-order valence-electron chi connectivity index (χ1n) is 8.99. The molecule has 0 bridgehead atoms. The molecule has 0 spiro atoms. The number of imidazole rings is 1. The summed E-state index contributed by atoms with van der Waals surface area (Å²) in [6, 6.07) is 12.3. The van der Waals surface area contributed by atoms with E-state index in [4.69, 9.17) is 4.98 Å². The van der Waals surface area contributed by atoms with E-state index in [9.17, 15) is 4.79 Å². The molecule has 1 N–H and O–H groups in total. The van der Waals surface area contributed by atoms with E-state index in [0.717, 1.165) is 59.5 Å². The fourth-order valence-corrected chi connectivity index (χ4v) is 3.70. The van der Waals surface area contributed by atoms with Crippen LogP contribution < -0.4 is 5.32 Å². The molecule has 0 unspecified atom stereocenters. The Morgan fingerprint density at radius 2 is 1.92 bits per heavy atom. The lowest BCUT2D eigenvalue weighted by molar-refractivity contribution is -0.119. The number of anilines is 1. The number of nitrogens with zero attached hydrogens (tertiary/aromatic N) is 2. The fraction of sp³-hybridized carbons (Fsp3) is 0.333. The van der Waals surface area contributed by atoms with Gasteiger partial charge in [-0.05, 0) is 49.9 Å². The van der Waals surface area contributed by atoms with Crippen LogP contribution in [0.5, 0.6) is 0 Å². The minimum absolute atomic E-state index is 0.120. The minimum Gasteiger partial charge on any atom is -0.310 e. The first-order chi connectivity index (χ1) is 12.1. The van der Waals surface area contributed by atoms with Crippen molar-refractivity contribution >= 4 is 17.4 Å². The van der Waals surface area contributed by atoms with Crippen LogP contribution in [0.25, 0.3) is 16.9 Å². The van der Waals surface area contributed by atoms with E-state index < -0.39 is 0 Å². The molecule has 1 fully saturated rings. The number of aryl methyl sites for hydroxylation is 2. The van der Waals surface area contributed by atoms with Gasteiger partial charge in [-0.1, -0.05) is 37.1 Å². The zero-order valence-electron chi connectivity index (χ0n) is 14.7. The summed E-state index contributed by atoms with van der Waals surface area (Å²) in [5, 5.41) is 3.18. The number of amides is 1. The number of hydrogen-bond donors (Lipinski definition) is 1. The second kappa shape index (κ2) is 6.36. The van der Waals surface area contributed by atoms with Crippen molar-refractivity contribution in [1.29, 1.82) is 0 Å². The van der Waals surface area contributed by atoms with Crippen LogP contribution >= 0.6 is 0 Å². The molecule has 3 aromatic rings. The molecule has 4 nitrogen and oxygen atoms in total. The third-order valence-electron chi connectivity index (χ3n) is 5.15. The van der Waals surface area contributed by atoms with Gasteiger partial charge in [0.05, 0.1) is 0 Å². The third-order valence-corrected chi connectivity index (χ3v) is 5.15. The quantitative estimate of drug-likeness (QED) is 0.752. The maximum atomic E-state index is 12.7. The molecule has 4 heteroatoms. The molecule has 1 saturated carbocycles. The van der Waals surface area contributed by atoms with Crippen LogP contribution in [0.15, 0.2) is 42.6 Å². The lowest BCUT2D eigenvalue weighted by atomic mass is 10.1. The number of fused-ring (bicyclic) bond motifs is 1. The molecule has 2 aromatic heterocycles. The van der Waals surface area contributed by atoms with Crippen molar-refractivity contribution in [1.82, 2.24) is 9.38 Å². The van der Waals surface area contributed by atoms with Crippen molar-refractivity contribution in [2.24, 2.45) is 5.92 Å². The average molecular weight is 333 g/mol. The number of pyridine rings is 1. The van der Waals surface area contributed by atoms with Crippen molar-refractivity contribution in [3.63, 3.8) is 0 Å². The van der Waals surface area contributed by atoms with Gasteiger partial charge in [-0.3, -0.25) is 9.20 Å². The molecule has 4 rings (SSSR count). The largest absolute Gasteiger partial charge is 0.310 e. The molecule has 0 atom stereocenters. The highest BCUT2D eigenvalue weighted by atomic mass is 16.2. The van der Waals surface area contributed by atoms with Crippen molar-refractivity contribution in [3.8, 4) is 11.3 Å². The summed E-state index contributed by atoms with van der Waals surface area (Å²) in [6.07, 6.45) is 6.26. The normalized spacial score (nSPS) is 15.0. The number of nitrogens with one attached hydrogen (secondary N) is 1. The Morgan fingerprint density at radius 3 is 2.68 bits per heavy atom. The predicted molar refractivity (Wildman–Crippen MR) is 101 cm³/mol. The summed E-state index contributed by atoms with van der Waals surface area (Å²) in [5.41, 5.74) is 5.07. The van der Waals surface area contributed by atoms with Crippen LogP contribution in [0.2, 0.25) is 0 Å². The molecule has 128 valence electrons. The van der Waals surface area contributed by atoms with Crippen LogP contribution in [-0.4, -0.2) is 15.3 Å². The minimum atomic E-state index is 0.120. The SMILES string of the molecule is Cc1ccn2c(NC(=O)C3CCCC3)c(-c3ccccc3C)nc2c1. The third kappa shape index (κ3) is 2.93. The van der Waals surface area contributed by atoms with Crippen molar-refractivity contribution < 1.29 is 4.79 Å². The van der Waals surface area contributed by atoms with Gasteiger partial charge < -0.3 is 5.32 Å². The monoisotopic (exact) mass is 333 g/mol. The van der Waals surface area contributed by atoms with Gasteiger partial charge in [-0.15, -0.1) is 0 Å². The van der Waals surface area contributed by atoms with Crippen LogP contribution in [0, 0.1) is 19.8 Å². The Morgan fingerprint density at radius 1 is 1.16 bits per heavy atom. The Bertz CT molecular complexity index is 935. The van der Waals surface area contributed by atoms with E-state index >= 15 is 0 Å². The molecule has 0 radical (unpaired) electrons. The van der Waals surface area contributed by atoms with Crippen LogP contribution in [0.4, 0.5) is 5.82 Å². The van der Waals surface area contributed by atoms with Gasteiger partial charge in [0, 0.05) is 17.7 Å². The Labute approximate surface area is 147 Å². The van der Waals surface area contributed by atoms with E-state index in [1.54, 1.807) is 0 Å². The zero-order valence-corrected chi connectivity index (χ0v) is 14.7. The number of carbonyl (C=O) groups is 1. The highest BCUT2D eigenvalue weighted by Crippen LogP contribution is 2.33.